The summed E-state index contributed by atoms with van der Waals surface area (Å²) >= 11 is 0. The van der Waals surface area contributed by atoms with Crippen LogP contribution in [0.5, 0.6) is 0 Å². The summed E-state index contributed by atoms with van der Waals surface area (Å²) in [7, 11) is 0. The Morgan fingerprint density at radius 2 is 1.76 bits per heavy atom. The van der Waals surface area contributed by atoms with E-state index in [4.69, 9.17) is 0 Å². The lowest BCUT2D eigenvalue weighted by Crippen LogP contribution is -2.53. The molecule has 37 heavy (non-hydrogen) atoms. The van der Waals surface area contributed by atoms with Gasteiger partial charge in [-0.15, -0.1) is 0 Å². The van der Waals surface area contributed by atoms with Gasteiger partial charge in [0, 0.05) is 50.4 Å². The fraction of sp³-hybridized carbons (Fsp3) is 0.643. The van der Waals surface area contributed by atoms with Crippen LogP contribution in [0.15, 0.2) is 24.3 Å². The van der Waals surface area contributed by atoms with Crippen molar-refractivity contribution in [3.8, 4) is 0 Å². The average Bonchev–Trinajstić information content (AvgIpc) is 3.48. The van der Waals surface area contributed by atoms with E-state index in [1.165, 1.54) is 0 Å². The van der Waals surface area contributed by atoms with Crippen LogP contribution in [-0.2, 0) is 14.4 Å². The lowest BCUT2D eigenvalue weighted by atomic mass is 10.0. The summed E-state index contributed by atoms with van der Waals surface area (Å²) < 4.78 is 0. The van der Waals surface area contributed by atoms with Crippen molar-refractivity contribution >= 4 is 29.2 Å². The molecule has 0 aromatic heterocycles. The fourth-order valence-corrected chi connectivity index (χ4v) is 5.74. The monoisotopic (exact) mass is 511 g/mol. The van der Waals surface area contributed by atoms with Gasteiger partial charge in [0.25, 0.3) is 5.91 Å². The lowest BCUT2D eigenvalue weighted by molar-refractivity contribution is -0.138. The van der Waals surface area contributed by atoms with E-state index in [9.17, 15) is 19.2 Å². The van der Waals surface area contributed by atoms with Crippen molar-refractivity contribution in [3.05, 3.63) is 29.8 Å². The Bertz CT molecular complexity index is 989. The molecule has 3 heterocycles. The molecule has 202 valence electrons. The Balaban J connectivity index is 1.43. The molecule has 2 N–H and O–H groups in total. The van der Waals surface area contributed by atoms with Crippen LogP contribution in [0.1, 0.15) is 63.2 Å². The van der Waals surface area contributed by atoms with Crippen LogP contribution in [0.3, 0.4) is 0 Å². The van der Waals surface area contributed by atoms with Gasteiger partial charge >= 0.3 is 0 Å². The standard InChI is InChI=1S/C28H41N5O4/c1-4-5-6-25(35)33-18-24(34)26-23(33)11-14-32(26)28(37)22(17-19(2)3)30-27(36)20-7-9-21(10-8-20)31-15-12-29-13-16-31/h7-10,19,22-23,26,29H,4-6,11-18H2,1-3H3,(H,30,36). The molecule has 3 aliphatic rings. The molecule has 3 saturated heterocycles. The quantitative estimate of drug-likeness (QED) is 0.524. The molecule has 0 radical (unpaired) electrons. The second kappa shape index (κ2) is 12.1. The molecule has 3 unspecified atom stereocenters. The topological polar surface area (TPSA) is 102 Å². The number of unbranched alkanes of at least 4 members (excludes halogenated alkanes) is 1. The number of benzene rings is 1. The number of ketones is 1. The van der Waals surface area contributed by atoms with E-state index in [1.807, 2.05) is 32.9 Å². The van der Waals surface area contributed by atoms with Crippen LogP contribution < -0.4 is 15.5 Å². The molecule has 3 amide bonds. The van der Waals surface area contributed by atoms with Crippen LogP contribution in [0.25, 0.3) is 0 Å². The summed E-state index contributed by atoms with van der Waals surface area (Å²) in [6.45, 7) is 10.3. The van der Waals surface area contributed by atoms with Gasteiger partial charge in [0.2, 0.25) is 11.8 Å². The van der Waals surface area contributed by atoms with Crippen LogP contribution in [0, 0.1) is 5.92 Å². The summed E-state index contributed by atoms with van der Waals surface area (Å²) in [6, 6.07) is 5.91. The minimum atomic E-state index is -0.725. The molecule has 0 saturated carbocycles. The number of Topliss-reactive ketones (excluding diaryl/α,β-unsaturated/α-hetero) is 1. The first-order chi connectivity index (χ1) is 17.8. The van der Waals surface area contributed by atoms with Gasteiger partial charge < -0.3 is 25.3 Å². The Morgan fingerprint density at radius 3 is 2.41 bits per heavy atom. The largest absolute Gasteiger partial charge is 0.369 e. The van der Waals surface area contributed by atoms with Crippen LogP contribution in [-0.4, -0.2) is 90.7 Å². The third-order valence-electron chi connectivity index (χ3n) is 7.69. The highest BCUT2D eigenvalue weighted by molar-refractivity contribution is 6.01. The van der Waals surface area contributed by atoms with E-state index in [1.54, 1.807) is 21.9 Å². The van der Waals surface area contributed by atoms with Crippen molar-refractivity contribution in [2.45, 2.75) is 71.0 Å². The fourth-order valence-electron chi connectivity index (χ4n) is 5.74. The maximum atomic E-state index is 13.7. The highest BCUT2D eigenvalue weighted by Crippen LogP contribution is 2.31. The first kappa shape index (κ1) is 27.1. The second-order valence-electron chi connectivity index (χ2n) is 10.9. The van der Waals surface area contributed by atoms with E-state index in [2.05, 4.69) is 15.5 Å². The van der Waals surface area contributed by atoms with E-state index in [0.717, 1.165) is 44.7 Å². The third-order valence-corrected chi connectivity index (χ3v) is 7.69. The van der Waals surface area contributed by atoms with Crippen molar-refractivity contribution in [1.82, 2.24) is 20.4 Å². The number of piperazine rings is 1. The Morgan fingerprint density at radius 1 is 1.05 bits per heavy atom. The second-order valence-corrected chi connectivity index (χ2v) is 10.9. The summed E-state index contributed by atoms with van der Waals surface area (Å²) in [5.41, 5.74) is 1.58. The number of likely N-dealkylation sites (tertiary alicyclic amines) is 2. The number of rotatable bonds is 9. The predicted molar refractivity (Wildman–Crippen MR) is 142 cm³/mol. The third kappa shape index (κ3) is 6.14. The van der Waals surface area contributed by atoms with Gasteiger partial charge in [0.15, 0.2) is 5.78 Å². The number of nitrogens with zero attached hydrogens (tertiary/aromatic N) is 3. The van der Waals surface area contributed by atoms with E-state index >= 15 is 0 Å². The zero-order valence-electron chi connectivity index (χ0n) is 22.4. The van der Waals surface area contributed by atoms with Crippen molar-refractivity contribution in [2.75, 3.05) is 44.2 Å². The van der Waals surface area contributed by atoms with Crippen molar-refractivity contribution in [1.29, 1.82) is 0 Å². The molecule has 3 atom stereocenters. The van der Waals surface area contributed by atoms with E-state index < -0.39 is 12.1 Å². The number of nitrogens with one attached hydrogen (secondary N) is 2. The highest BCUT2D eigenvalue weighted by Gasteiger charge is 2.52. The summed E-state index contributed by atoms with van der Waals surface area (Å²) in [5.74, 6) is -0.444. The van der Waals surface area contributed by atoms with Crippen molar-refractivity contribution in [3.63, 3.8) is 0 Å². The van der Waals surface area contributed by atoms with Crippen LogP contribution in [0.2, 0.25) is 0 Å². The summed E-state index contributed by atoms with van der Waals surface area (Å²) in [5, 5.41) is 6.29. The van der Waals surface area contributed by atoms with Gasteiger partial charge in [0.05, 0.1) is 12.6 Å². The maximum absolute atomic E-state index is 13.7. The van der Waals surface area contributed by atoms with Gasteiger partial charge in [-0.05, 0) is 49.4 Å². The molecule has 9 nitrogen and oxygen atoms in total. The molecular weight excluding hydrogens is 470 g/mol. The number of anilines is 1. The van der Waals surface area contributed by atoms with Crippen LogP contribution >= 0.6 is 0 Å². The van der Waals surface area contributed by atoms with Gasteiger partial charge in [-0.25, -0.2) is 0 Å². The number of hydrogen-bond acceptors (Lipinski definition) is 6. The molecule has 0 bridgehead atoms. The molecule has 1 aromatic rings. The van der Waals surface area contributed by atoms with Gasteiger partial charge in [-0.2, -0.15) is 0 Å². The smallest absolute Gasteiger partial charge is 0.251 e. The number of carbonyl (C=O) groups excluding carboxylic acids is 4. The number of carbonyl (C=O) groups is 4. The first-order valence-electron chi connectivity index (χ1n) is 13.8. The SMILES string of the molecule is CCCCC(=O)N1CC(=O)C2C1CCN2C(=O)C(CC(C)C)NC(=O)c1ccc(N2CCNCC2)cc1. The normalized spacial score (nSPS) is 22.4. The Labute approximate surface area is 219 Å². The highest BCUT2D eigenvalue weighted by atomic mass is 16.2. The Hall–Kier alpha value is -2.94. The molecule has 3 fully saturated rings. The van der Waals surface area contributed by atoms with Gasteiger partial charge in [-0.1, -0.05) is 27.2 Å². The summed E-state index contributed by atoms with van der Waals surface area (Å²) in [4.78, 5) is 58.0. The van der Waals surface area contributed by atoms with Gasteiger partial charge in [0.1, 0.15) is 12.1 Å². The molecule has 9 heteroatoms. The minimum absolute atomic E-state index is 0.00621. The number of hydrogen-bond donors (Lipinski definition) is 2. The molecule has 1 aromatic carbocycles. The molecule has 0 aliphatic carbocycles. The minimum Gasteiger partial charge on any atom is -0.369 e. The molecule has 3 aliphatic heterocycles. The summed E-state index contributed by atoms with van der Waals surface area (Å²) in [6.07, 6.45) is 3.21. The average molecular weight is 512 g/mol. The van der Waals surface area contributed by atoms with E-state index in [-0.39, 0.29) is 42.0 Å². The molecule has 0 spiro atoms. The number of amides is 3. The number of fused-ring (bicyclic) bond motifs is 1. The van der Waals surface area contributed by atoms with Crippen LogP contribution in [0.4, 0.5) is 5.69 Å². The van der Waals surface area contributed by atoms with Crippen molar-refractivity contribution in [2.24, 2.45) is 5.92 Å². The molecular formula is C28H41N5O4. The lowest BCUT2D eigenvalue weighted by Gasteiger charge is -2.30. The molecule has 4 rings (SSSR count). The maximum Gasteiger partial charge on any atom is 0.251 e. The predicted octanol–water partition coefficient (Wildman–Crippen LogP) is 1.81. The van der Waals surface area contributed by atoms with Crippen molar-refractivity contribution < 1.29 is 19.2 Å². The zero-order chi connectivity index (χ0) is 26.5. The van der Waals surface area contributed by atoms with E-state index in [0.29, 0.717) is 31.4 Å². The van der Waals surface area contributed by atoms with Gasteiger partial charge in [-0.3, -0.25) is 19.2 Å². The Kier molecular flexibility index (Phi) is 8.84. The first-order valence-corrected chi connectivity index (χ1v) is 13.8. The zero-order valence-corrected chi connectivity index (χ0v) is 22.4.